The Labute approximate surface area is 183 Å². The Balaban J connectivity index is 1.54. The molecular weight excluding hydrogens is 414 g/mol. The molecule has 0 unspecified atom stereocenters. The first kappa shape index (κ1) is 20.2. The maximum atomic E-state index is 12.2. The molecule has 4 rings (SSSR count). The van der Waals surface area contributed by atoms with Crippen molar-refractivity contribution < 1.29 is 4.79 Å². The fourth-order valence-corrected chi connectivity index (χ4v) is 3.86. The van der Waals surface area contributed by atoms with Crippen molar-refractivity contribution in [2.75, 3.05) is 5.32 Å². The Hall–Kier alpha value is -3.10. The number of carbonyl (C=O) groups is 1. The van der Waals surface area contributed by atoms with E-state index >= 15 is 0 Å². The minimum absolute atomic E-state index is 0.225. The number of thiocarbonyl (C=S) groups is 1. The number of benzene rings is 2. The van der Waals surface area contributed by atoms with E-state index in [1.807, 2.05) is 42.6 Å². The number of nitrogens with zero attached hydrogens (tertiary/aromatic N) is 3. The van der Waals surface area contributed by atoms with Crippen molar-refractivity contribution in [2.24, 2.45) is 0 Å². The van der Waals surface area contributed by atoms with Gasteiger partial charge in [0.1, 0.15) is 11.0 Å². The molecule has 0 saturated carbocycles. The SMILES string of the molecule is Cc1cc2nn(-c3ccc(C(C)C)cc3)nc2cc1NC(=S)NC(=O)c1cccs1. The lowest BCUT2D eigenvalue weighted by molar-refractivity contribution is 0.0981. The maximum Gasteiger partial charge on any atom is 0.267 e. The zero-order valence-electron chi connectivity index (χ0n) is 16.8. The van der Waals surface area contributed by atoms with Crippen LogP contribution in [0.3, 0.4) is 0 Å². The summed E-state index contributed by atoms with van der Waals surface area (Å²) in [4.78, 5) is 14.4. The topological polar surface area (TPSA) is 71.8 Å². The molecule has 1 amide bonds. The second-order valence-electron chi connectivity index (χ2n) is 7.28. The van der Waals surface area contributed by atoms with Gasteiger partial charge in [-0.3, -0.25) is 10.1 Å². The number of amides is 1. The van der Waals surface area contributed by atoms with Crippen molar-refractivity contribution in [3.8, 4) is 5.69 Å². The molecular formula is C22H21N5OS2. The van der Waals surface area contributed by atoms with Crippen LogP contribution in [0.2, 0.25) is 0 Å². The average molecular weight is 436 g/mol. The summed E-state index contributed by atoms with van der Waals surface area (Å²) in [5.74, 6) is 0.251. The highest BCUT2D eigenvalue weighted by Crippen LogP contribution is 2.23. The van der Waals surface area contributed by atoms with Crippen LogP contribution in [0.5, 0.6) is 0 Å². The van der Waals surface area contributed by atoms with Gasteiger partial charge in [0.25, 0.3) is 5.91 Å². The fraction of sp³-hybridized carbons (Fsp3) is 0.182. The molecule has 0 fully saturated rings. The highest BCUT2D eigenvalue weighted by Gasteiger charge is 2.12. The molecule has 2 aromatic heterocycles. The highest BCUT2D eigenvalue weighted by atomic mass is 32.1. The number of fused-ring (bicyclic) bond motifs is 1. The number of hydrogen-bond donors (Lipinski definition) is 2. The first-order valence-corrected chi connectivity index (χ1v) is 10.8. The molecule has 4 aromatic rings. The quantitative estimate of drug-likeness (QED) is 0.439. The van der Waals surface area contributed by atoms with Gasteiger partial charge < -0.3 is 5.32 Å². The number of hydrogen-bond acceptors (Lipinski definition) is 5. The lowest BCUT2D eigenvalue weighted by atomic mass is 10.0. The lowest BCUT2D eigenvalue weighted by Gasteiger charge is -2.11. The van der Waals surface area contributed by atoms with E-state index in [-0.39, 0.29) is 11.0 Å². The maximum absolute atomic E-state index is 12.2. The van der Waals surface area contributed by atoms with Crippen molar-refractivity contribution in [2.45, 2.75) is 26.7 Å². The number of anilines is 1. The fourth-order valence-electron chi connectivity index (χ4n) is 3.04. The van der Waals surface area contributed by atoms with Crippen molar-refractivity contribution in [1.29, 1.82) is 0 Å². The van der Waals surface area contributed by atoms with Gasteiger partial charge in [-0.15, -0.1) is 21.5 Å². The molecule has 0 spiro atoms. The van der Waals surface area contributed by atoms with Gasteiger partial charge in [0.05, 0.1) is 10.6 Å². The number of thiophene rings is 1. The lowest BCUT2D eigenvalue weighted by Crippen LogP contribution is -2.33. The van der Waals surface area contributed by atoms with Crippen molar-refractivity contribution in [3.63, 3.8) is 0 Å². The molecule has 30 heavy (non-hydrogen) atoms. The molecule has 2 heterocycles. The van der Waals surface area contributed by atoms with E-state index in [9.17, 15) is 4.79 Å². The normalized spacial score (nSPS) is 11.1. The van der Waals surface area contributed by atoms with Gasteiger partial charge >= 0.3 is 0 Å². The number of aromatic nitrogens is 3. The van der Waals surface area contributed by atoms with Crippen LogP contribution in [-0.2, 0) is 0 Å². The Morgan fingerprint density at radius 1 is 1.10 bits per heavy atom. The third-order valence-electron chi connectivity index (χ3n) is 4.74. The van der Waals surface area contributed by atoms with Crippen LogP contribution < -0.4 is 10.6 Å². The number of rotatable bonds is 4. The van der Waals surface area contributed by atoms with Gasteiger partial charge in [0.15, 0.2) is 5.11 Å². The summed E-state index contributed by atoms with van der Waals surface area (Å²) in [5, 5.41) is 17.1. The van der Waals surface area contributed by atoms with Crippen LogP contribution in [0, 0.1) is 6.92 Å². The minimum atomic E-state index is -0.225. The monoisotopic (exact) mass is 435 g/mol. The standard InChI is InChI=1S/C22H21N5OS2/c1-13(2)15-6-8-16(9-7-15)27-25-18-11-14(3)17(12-19(18)26-27)23-22(29)24-21(28)20-5-4-10-30-20/h4-13H,1-3H3,(H2,23,24,28,29). The zero-order valence-corrected chi connectivity index (χ0v) is 18.5. The summed E-state index contributed by atoms with van der Waals surface area (Å²) in [6.07, 6.45) is 0. The smallest absolute Gasteiger partial charge is 0.267 e. The highest BCUT2D eigenvalue weighted by molar-refractivity contribution is 7.80. The van der Waals surface area contributed by atoms with Crippen LogP contribution in [0.1, 0.15) is 40.6 Å². The summed E-state index contributed by atoms with van der Waals surface area (Å²) in [5.41, 5.74) is 5.44. The molecule has 0 bridgehead atoms. The largest absolute Gasteiger partial charge is 0.332 e. The Morgan fingerprint density at radius 3 is 2.43 bits per heavy atom. The van der Waals surface area contributed by atoms with Gasteiger partial charge in [-0.2, -0.15) is 4.80 Å². The molecule has 2 aromatic carbocycles. The van der Waals surface area contributed by atoms with Gasteiger partial charge in [0, 0.05) is 5.69 Å². The molecule has 0 aliphatic heterocycles. The number of nitrogens with one attached hydrogen (secondary N) is 2. The van der Waals surface area contributed by atoms with Gasteiger partial charge in [-0.1, -0.05) is 32.0 Å². The van der Waals surface area contributed by atoms with Crippen LogP contribution >= 0.6 is 23.6 Å². The van der Waals surface area contributed by atoms with Crippen LogP contribution in [0.15, 0.2) is 53.9 Å². The molecule has 0 aliphatic carbocycles. The van der Waals surface area contributed by atoms with E-state index < -0.39 is 0 Å². The summed E-state index contributed by atoms with van der Waals surface area (Å²) in [7, 11) is 0. The average Bonchev–Trinajstić information content (AvgIpc) is 3.38. The van der Waals surface area contributed by atoms with E-state index in [0.717, 1.165) is 28.0 Å². The number of aryl methyl sites for hydroxylation is 1. The molecule has 0 radical (unpaired) electrons. The first-order chi connectivity index (χ1) is 14.4. The molecule has 8 heteroatoms. The Kier molecular flexibility index (Phi) is 5.61. The van der Waals surface area contributed by atoms with E-state index in [2.05, 4.69) is 46.8 Å². The Bertz CT molecular complexity index is 1210. The zero-order chi connectivity index (χ0) is 21.3. The molecule has 0 aliphatic rings. The number of carbonyl (C=O) groups excluding carboxylic acids is 1. The Morgan fingerprint density at radius 2 is 1.80 bits per heavy atom. The third-order valence-corrected chi connectivity index (χ3v) is 5.81. The third kappa shape index (κ3) is 4.24. The summed E-state index contributed by atoms with van der Waals surface area (Å²) < 4.78 is 0. The van der Waals surface area contributed by atoms with Gasteiger partial charge in [0.2, 0.25) is 0 Å². The summed E-state index contributed by atoms with van der Waals surface area (Å²) in [6, 6.07) is 15.7. The van der Waals surface area contributed by atoms with Gasteiger partial charge in [-0.05, 0) is 71.9 Å². The van der Waals surface area contributed by atoms with Crippen LogP contribution in [-0.4, -0.2) is 26.0 Å². The van der Waals surface area contributed by atoms with Crippen LogP contribution in [0.25, 0.3) is 16.7 Å². The molecule has 6 nitrogen and oxygen atoms in total. The molecule has 0 saturated heterocycles. The van der Waals surface area contributed by atoms with Crippen molar-refractivity contribution >= 4 is 51.3 Å². The predicted molar refractivity (Wildman–Crippen MR) is 126 cm³/mol. The van der Waals surface area contributed by atoms with Crippen LogP contribution in [0.4, 0.5) is 5.69 Å². The molecule has 2 N–H and O–H groups in total. The van der Waals surface area contributed by atoms with Gasteiger partial charge in [-0.25, -0.2) is 0 Å². The van der Waals surface area contributed by atoms with E-state index in [1.54, 1.807) is 10.9 Å². The minimum Gasteiger partial charge on any atom is -0.332 e. The molecule has 152 valence electrons. The van der Waals surface area contributed by atoms with E-state index in [0.29, 0.717) is 10.8 Å². The predicted octanol–water partition coefficient (Wildman–Crippen LogP) is 5.04. The summed E-state index contributed by atoms with van der Waals surface area (Å²) in [6.45, 7) is 6.29. The van der Waals surface area contributed by atoms with Crippen molar-refractivity contribution in [1.82, 2.24) is 20.3 Å². The van der Waals surface area contributed by atoms with E-state index in [4.69, 9.17) is 12.2 Å². The second-order valence-corrected chi connectivity index (χ2v) is 8.63. The van der Waals surface area contributed by atoms with E-state index in [1.165, 1.54) is 16.9 Å². The first-order valence-electron chi connectivity index (χ1n) is 9.54. The second kappa shape index (κ2) is 8.33. The molecule has 0 atom stereocenters. The van der Waals surface area contributed by atoms with Crippen molar-refractivity contribution in [3.05, 3.63) is 69.9 Å². The summed E-state index contributed by atoms with van der Waals surface area (Å²) >= 11 is 6.67.